The maximum absolute atomic E-state index is 13.8. The van der Waals surface area contributed by atoms with Crippen LogP contribution < -0.4 is 5.32 Å². The average molecular weight is 565 g/mol. The molecule has 0 aliphatic heterocycles. The van der Waals surface area contributed by atoms with E-state index < -0.39 is 5.97 Å². The summed E-state index contributed by atoms with van der Waals surface area (Å²) in [6.45, 7) is 15.0. The molecule has 1 atom stereocenters. The van der Waals surface area contributed by atoms with Crippen molar-refractivity contribution in [2.24, 2.45) is 13.0 Å². The van der Waals surface area contributed by atoms with E-state index in [2.05, 4.69) is 42.6 Å². The first-order valence-electron chi connectivity index (χ1n) is 14.2. The van der Waals surface area contributed by atoms with Crippen LogP contribution in [0.25, 0.3) is 0 Å². The van der Waals surface area contributed by atoms with Crippen molar-refractivity contribution in [1.29, 1.82) is 0 Å². The van der Waals surface area contributed by atoms with Gasteiger partial charge in [0.2, 0.25) is 0 Å². The number of thioether (sulfide) groups is 2. The number of nitrogens with zero attached hydrogens (tertiary/aromatic N) is 3. The summed E-state index contributed by atoms with van der Waals surface area (Å²) < 4.78 is 7.76. The van der Waals surface area contributed by atoms with Crippen LogP contribution in [0.4, 0.5) is 4.79 Å². The molecule has 1 aliphatic rings. The number of hydrogen-bond acceptors (Lipinski definition) is 6. The number of ether oxygens (including phenoxy) is 1. The predicted molar refractivity (Wildman–Crippen MR) is 160 cm³/mol. The van der Waals surface area contributed by atoms with E-state index in [4.69, 9.17) is 4.74 Å². The number of nitrogens with one attached hydrogen (secondary N) is 1. The molecule has 38 heavy (non-hydrogen) atoms. The number of allylic oxidation sites excluding steroid dienone is 1. The molecule has 1 unspecified atom stereocenters. The number of rotatable bonds is 15. The summed E-state index contributed by atoms with van der Waals surface area (Å²) in [6, 6.07) is 0.512. The number of urea groups is 1. The lowest BCUT2D eigenvalue weighted by Crippen LogP contribution is -2.52. The van der Waals surface area contributed by atoms with E-state index in [-0.39, 0.29) is 18.1 Å². The average Bonchev–Trinajstić information content (AvgIpc) is 3.25. The number of unbranched alkanes of at least 4 members (excludes halogenated alkanes) is 2. The van der Waals surface area contributed by atoms with Crippen LogP contribution in [0.1, 0.15) is 109 Å². The molecule has 1 aromatic heterocycles. The summed E-state index contributed by atoms with van der Waals surface area (Å²) in [6.07, 6.45) is 14.7. The van der Waals surface area contributed by atoms with Gasteiger partial charge in [0.1, 0.15) is 5.69 Å². The third-order valence-electron chi connectivity index (χ3n) is 7.10. The zero-order chi connectivity index (χ0) is 28.1. The molecule has 0 saturated heterocycles. The topological polar surface area (TPSA) is 76.5 Å². The maximum atomic E-state index is 13.8. The van der Waals surface area contributed by atoms with Crippen LogP contribution in [0, 0.1) is 5.92 Å². The number of amides is 2. The van der Waals surface area contributed by atoms with Crippen molar-refractivity contribution in [3.05, 3.63) is 33.8 Å². The third-order valence-corrected chi connectivity index (χ3v) is 9.38. The van der Waals surface area contributed by atoms with Crippen molar-refractivity contribution in [2.45, 2.75) is 116 Å². The monoisotopic (exact) mass is 564 g/mol. The predicted octanol–water partition coefficient (Wildman–Crippen LogP) is 8.09. The Balaban J connectivity index is 2.10. The molecule has 7 nitrogen and oxygen atoms in total. The number of carbonyl (C=O) groups excluding carboxylic acids is 2. The molecular weight excluding hydrogens is 516 g/mol. The molecule has 214 valence electrons. The quantitative estimate of drug-likeness (QED) is 0.132. The molecule has 9 heteroatoms. The van der Waals surface area contributed by atoms with Crippen molar-refractivity contribution in [1.82, 2.24) is 19.8 Å². The fourth-order valence-electron chi connectivity index (χ4n) is 4.98. The molecule has 2 rings (SSSR count). The smallest absolute Gasteiger partial charge is 0.356 e. The highest BCUT2D eigenvalue weighted by molar-refractivity contribution is 8.23. The second kappa shape index (κ2) is 17.0. The molecule has 1 fully saturated rings. The molecule has 0 spiro atoms. The van der Waals surface area contributed by atoms with E-state index in [0.29, 0.717) is 22.5 Å². The van der Waals surface area contributed by atoms with Gasteiger partial charge in [-0.1, -0.05) is 70.9 Å². The van der Waals surface area contributed by atoms with E-state index >= 15 is 0 Å². The molecule has 1 aromatic rings. The van der Waals surface area contributed by atoms with Crippen LogP contribution in [0.15, 0.2) is 33.3 Å². The number of imidazole rings is 1. The van der Waals surface area contributed by atoms with E-state index in [0.717, 1.165) is 48.7 Å². The summed E-state index contributed by atoms with van der Waals surface area (Å²) in [4.78, 5) is 32.5. The second-order valence-corrected chi connectivity index (χ2v) is 12.5. The number of hydrogen-bond donors (Lipinski definition) is 1. The second-order valence-electron chi connectivity index (χ2n) is 10.1. The van der Waals surface area contributed by atoms with Gasteiger partial charge in [-0.3, -0.25) is 0 Å². The third kappa shape index (κ3) is 9.70. The standard InChI is InChI=1S/C29H48N4O3S2/c1-8-12-13-15-23(14-9-2)33(24-18-16-21(5)17-19-24)28(35)31-22(6)37-26(10-3)38-29-30-20-25(32(29)7)27(34)36-11-4/h10,20-21,23-24H,6,8-9,11-19H2,1-5,7H3,(H,31,35)/b26-10+. The fraction of sp³-hybridized carbons (Fsp3) is 0.690. The zero-order valence-electron chi connectivity index (χ0n) is 24.3. The molecule has 0 aromatic carbocycles. The normalized spacial score (nSPS) is 18.6. The van der Waals surface area contributed by atoms with Crippen LogP contribution in [0.3, 0.4) is 0 Å². The fourth-order valence-corrected chi connectivity index (χ4v) is 6.81. The van der Waals surface area contributed by atoms with Crippen LogP contribution in [0.5, 0.6) is 0 Å². The van der Waals surface area contributed by atoms with Crippen molar-refractivity contribution in [3.8, 4) is 0 Å². The van der Waals surface area contributed by atoms with Gasteiger partial charge in [-0.2, -0.15) is 0 Å². The molecule has 1 saturated carbocycles. The largest absolute Gasteiger partial charge is 0.461 e. The van der Waals surface area contributed by atoms with Crippen molar-refractivity contribution >= 4 is 35.5 Å². The van der Waals surface area contributed by atoms with Gasteiger partial charge in [-0.25, -0.2) is 14.6 Å². The first-order valence-corrected chi connectivity index (χ1v) is 15.9. The Morgan fingerprint density at radius 2 is 1.92 bits per heavy atom. The van der Waals surface area contributed by atoms with Gasteiger partial charge < -0.3 is 19.5 Å². The number of aromatic nitrogens is 2. The lowest BCUT2D eigenvalue weighted by molar-refractivity contribution is 0.0514. The lowest BCUT2D eigenvalue weighted by Gasteiger charge is -2.41. The first kappa shape index (κ1) is 32.3. The van der Waals surface area contributed by atoms with Gasteiger partial charge in [-0.15, -0.1) is 0 Å². The number of carbonyl (C=O) groups is 2. The Kier molecular flexibility index (Phi) is 14.4. The minimum absolute atomic E-state index is 0.0287. The Morgan fingerprint density at radius 3 is 2.53 bits per heavy atom. The summed E-state index contributed by atoms with van der Waals surface area (Å²) in [5, 5.41) is 4.39. The lowest BCUT2D eigenvalue weighted by atomic mass is 9.85. The van der Waals surface area contributed by atoms with Gasteiger partial charge in [0, 0.05) is 19.1 Å². The van der Waals surface area contributed by atoms with Gasteiger partial charge in [0.25, 0.3) is 0 Å². The highest BCUT2D eigenvalue weighted by Gasteiger charge is 2.32. The summed E-state index contributed by atoms with van der Waals surface area (Å²) >= 11 is 2.85. The Hall–Kier alpha value is -1.87. The van der Waals surface area contributed by atoms with Gasteiger partial charge in [-0.05, 0) is 70.1 Å². The molecular formula is C29H48N4O3S2. The SMILES string of the molecule is C=C(NC(=O)N(C(CCC)CCCCC)C1CCC(C)CC1)S/C(=C\C)Sc1ncc(C(=O)OCC)n1C. The minimum Gasteiger partial charge on any atom is -0.461 e. The van der Waals surface area contributed by atoms with Gasteiger partial charge in [0.15, 0.2) is 5.16 Å². The van der Waals surface area contributed by atoms with Gasteiger partial charge in [0.05, 0.1) is 22.1 Å². The van der Waals surface area contributed by atoms with Crippen LogP contribution >= 0.6 is 23.5 Å². The molecule has 0 bridgehead atoms. The van der Waals surface area contributed by atoms with E-state index in [1.807, 2.05) is 13.0 Å². The molecule has 1 heterocycles. The maximum Gasteiger partial charge on any atom is 0.356 e. The number of esters is 1. The van der Waals surface area contributed by atoms with Gasteiger partial charge >= 0.3 is 12.0 Å². The highest BCUT2D eigenvalue weighted by atomic mass is 32.2. The highest BCUT2D eigenvalue weighted by Crippen LogP contribution is 2.37. The van der Waals surface area contributed by atoms with E-state index in [1.165, 1.54) is 55.4 Å². The molecule has 0 radical (unpaired) electrons. The molecule has 2 amide bonds. The summed E-state index contributed by atoms with van der Waals surface area (Å²) in [5.41, 5.74) is 0.407. The van der Waals surface area contributed by atoms with E-state index in [9.17, 15) is 9.59 Å². The first-order chi connectivity index (χ1) is 18.2. The van der Waals surface area contributed by atoms with Crippen LogP contribution in [-0.4, -0.2) is 45.1 Å². The molecule has 1 aliphatic carbocycles. The van der Waals surface area contributed by atoms with E-state index in [1.54, 1.807) is 18.5 Å². The van der Waals surface area contributed by atoms with Crippen molar-refractivity contribution in [2.75, 3.05) is 6.61 Å². The Morgan fingerprint density at radius 1 is 1.21 bits per heavy atom. The minimum atomic E-state index is -0.390. The van der Waals surface area contributed by atoms with Crippen LogP contribution in [0.2, 0.25) is 0 Å². The Labute approximate surface area is 238 Å². The summed E-state index contributed by atoms with van der Waals surface area (Å²) in [7, 11) is 1.80. The van der Waals surface area contributed by atoms with Crippen LogP contribution in [-0.2, 0) is 11.8 Å². The van der Waals surface area contributed by atoms with Crippen molar-refractivity contribution < 1.29 is 14.3 Å². The zero-order valence-corrected chi connectivity index (χ0v) is 25.9. The van der Waals surface area contributed by atoms with Crippen molar-refractivity contribution in [3.63, 3.8) is 0 Å². The molecule has 1 N–H and O–H groups in total. The summed E-state index contributed by atoms with van der Waals surface area (Å²) in [5.74, 6) is 0.342. The Bertz CT molecular complexity index is 938.